The van der Waals surface area contributed by atoms with Crippen LogP contribution in [0.3, 0.4) is 0 Å². The van der Waals surface area contributed by atoms with Crippen molar-refractivity contribution in [2.45, 2.75) is 25.5 Å². The van der Waals surface area contributed by atoms with Crippen molar-refractivity contribution < 1.29 is 14.3 Å². The van der Waals surface area contributed by atoms with E-state index in [-0.39, 0.29) is 12.0 Å². The summed E-state index contributed by atoms with van der Waals surface area (Å²) in [7, 11) is 3.35. The van der Waals surface area contributed by atoms with E-state index in [4.69, 9.17) is 9.47 Å². The van der Waals surface area contributed by atoms with Crippen molar-refractivity contribution in [1.29, 1.82) is 0 Å². The number of carbonyl (C=O) groups is 1. The van der Waals surface area contributed by atoms with Gasteiger partial charge in [-0.05, 0) is 30.5 Å². The van der Waals surface area contributed by atoms with E-state index < -0.39 is 0 Å². The predicted molar refractivity (Wildman–Crippen MR) is 94.8 cm³/mol. The first-order valence-electron chi connectivity index (χ1n) is 8.49. The molecule has 1 atom stereocenters. The summed E-state index contributed by atoms with van der Waals surface area (Å²) in [5, 5.41) is 10.1. The van der Waals surface area contributed by atoms with Crippen LogP contribution in [0.2, 0.25) is 0 Å². The number of rotatable bonds is 7. The van der Waals surface area contributed by atoms with Gasteiger partial charge in [-0.2, -0.15) is 5.10 Å². The molecule has 0 saturated carbocycles. The zero-order chi connectivity index (χ0) is 17.6. The molecule has 0 aliphatic carbocycles. The molecule has 2 aromatic rings. The lowest BCUT2D eigenvalue weighted by Gasteiger charge is -2.11. The smallest absolute Gasteiger partial charge is 0.269 e. The van der Waals surface area contributed by atoms with E-state index >= 15 is 0 Å². The second kappa shape index (κ2) is 8.02. The van der Waals surface area contributed by atoms with E-state index in [9.17, 15) is 4.79 Å². The Hall–Kier alpha value is -2.54. The fraction of sp³-hybridized carbons (Fsp3) is 0.444. The third-order valence-electron chi connectivity index (χ3n) is 4.20. The first kappa shape index (κ1) is 17.3. The summed E-state index contributed by atoms with van der Waals surface area (Å²) in [4.78, 5) is 11.7. The number of anilines is 1. The number of benzene rings is 1. The fourth-order valence-electron chi connectivity index (χ4n) is 2.76. The third kappa shape index (κ3) is 4.51. The molecule has 7 heteroatoms. The molecule has 0 radical (unpaired) electrons. The van der Waals surface area contributed by atoms with E-state index in [1.54, 1.807) is 24.8 Å². The maximum Gasteiger partial charge on any atom is 0.269 e. The predicted octanol–water partition coefficient (Wildman–Crippen LogP) is 1.95. The molecule has 1 aromatic heterocycles. The monoisotopic (exact) mass is 344 g/mol. The Labute approximate surface area is 147 Å². The van der Waals surface area contributed by atoms with Crippen LogP contribution in [0, 0.1) is 0 Å². The van der Waals surface area contributed by atoms with Crippen LogP contribution in [-0.4, -0.2) is 42.1 Å². The highest BCUT2D eigenvalue weighted by atomic mass is 16.5. The van der Waals surface area contributed by atoms with Crippen molar-refractivity contribution in [3.63, 3.8) is 0 Å². The second-order valence-corrected chi connectivity index (χ2v) is 6.06. The molecular formula is C18H24N4O3. The van der Waals surface area contributed by atoms with Crippen LogP contribution in [0.25, 0.3) is 0 Å². The van der Waals surface area contributed by atoms with Gasteiger partial charge in [-0.3, -0.25) is 9.48 Å². The summed E-state index contributed by atoms with van der Waals surface area (Å²) in [6.45, 7) is 2.07. The molecule has 7 nitrogen and oxygen atoms in total. The van der Waals surface area contributed by atoms with Crippen molar-refractivity contribution in [1.82, 2.24) is 15.1 Å². The van der Waals surface area contributed by atoms with Crippen molar-refractivity contribution in [3.8, 4) is 5.75 Å². The van der Waals surface area contributed by atoms with Crippen LogP contribution >= 0.6 is 0 Å². The van der Waals surface area contributed by atoms with Crippen molar-refractivity contribution >= 4 is 11.7 Å². The molecule has 134 valence electrons. The lowest BCUT2D eigenvalue weighted by molar-refractivity contribution is 0.0679. The lowest BCUT2D eigenvalue weighted by atomic mass is 10.2. The SMILES string of the molecule is CNC(=O)c1cc(NCc2ccc(OCC3CCCO3)cc2)nn1C. The topological polar surface area (TPSA) is 77.4 Å². The highest BCUT2D eigenvalue weighted by molar-refractivity contribution is 5.93. The Morgan fingerprint density at radius 2 is 2.20 bits per heavy atom. The van der Waals surface area contributed by atoms with Crippen molar-refractivity contribution in [2.75, 3.05) is 25.6 Å². The molecule has 2 N–H and O–H groups in total. The van der Waals surface area contributed by atoms with E-state index in [0.717, 1.165) is 30.8 Å². The zero-order valence-electron chi connectivity index (χ0n) is 14.6. The van der Waals surface area contributed by atoms with Gasteiger partial charge in [0, 0.05) is 33.3 Å². The molecule has 2 heterocycles. The number of ether oxygens (including phenoxy) is 2. The van der Waals surface area contributed by atoms with E-state index in [0.29, 0.717) is 24.7 Å². The molecule has 3 rings (SSSR count). The number of hydrogen-bond acceptors (Lipinski definition) is 5. The summed E-state index contributed by atoms with van der Waals surface area (Å²) in [5.41, 5.74) is 1.62. The molecule has 1 saturated heterocycles. The third-order valence-corrected chi connectivity index (χ3v) is 4.20. The number of aromatic nitrogens is 2. The Kier molecular flexibility index (Phi) is 5.55. The Bertz CT molecular complexity index is 706. The summed E-state index contributed by atoms with van der Waals surface area (Å²) >= 11 is 0. The number of amides is 1. The molecule has 1 aromatic carbocycles. The fourth-order valence-corrected chi connectivity index (χ4v) is 2.76. The van der Waals surface area contributed by atoms with Crippen molar-refractivity contribution in [3.05, 3.63) is 41.6 Å². The van der Waals surface area contributed by atoms with Crippen LogP contribution in [0.4, 0.5) is 5.82 Å². The maximum atomic E-state index is 11.7. The normalized spacial score (nSPS) is 16.6. The van der Waals surface area contributed by atoms with Gasteiger partial charge in [0.15, 0.2) is 0 Å². The first-order chi connectivity index (χ1) is 12.2. The second-order valence-electron chi connectivity index (χ2n) is 6.06. The minimum atomic E-state index is -0.157. The molecule has 0 bridgehead atoms. The van der Waals surface area contributed by atoms with Gasteiger partial charge < -0.3 is 20.1 Å². The number of hydrogen-bond donors (Lipinski definition) is 2. The standard InChI is InChI=1S/C18H24N4O3/c1-19-18(23)16-10-17(21-22(16)2)20-11-13-5-7-14(8-6-13)25-12-15-4-3-9-24-15/h5-8,10,15H,3-4,9,11-12H2,1-2H3,(H,19,23)(H,20,21). The lowest BCUT2D eigenvalue weighted by Crippen LogP contribution is -2.20. The molecule has 25 heavy (non-hydrogen) atoms. The minimum Gasteiger partial charge on any atom is -0.491 e. The van der Waals surface area contributed by atoms with Crippen LogP contribution < -0.4 is 15.4 Å². The minimum absolute atomic E-state index is 0.157. The van der Waals surface area contributed by atoms with Gasteiger partial charge in [0.05, 0.1) is 6.10 Å². The Balaban J connectivity index is 1.50. The number of aryl methyl sites for hydroxylation is 1. The largest absolute Gasteiger partial charge is 0.491 e. The molecule has 1 aliphatic rings. The average molecular weight is 344 g/mol. The Morgan fingerprint density at radius 3 is 2.88 bits per heavy atom. The average Bonchev–Trinajstić information content (AvgIpc) is 3.28. The van der Waals surface area contributed by atoms with Gasteiger partial charge in [0.2, 0.25) is 0 Å². The van der Waals surface area contributed by atoms with Crippen LogP contribution in [0.1, 0.15) is 28.9 Å². The van der Waals surface area contributed by atoms with E-state index in [2.05, 4.69) is 15.7 Å². The van der Waals surface area contributed by atoms with Crippen LogP contribution in [-0.2, 0) is 18.3 Å². The first-order valence-corrected chi connectivity index (χ1v) is 8.49. The molecule has 1 unspecified atom stereocenters. The molecule has 0 spiro atoms. The summed E-state index contributed by atoms with van der Waals surface area (Å²) < 4.78 is 12.9. The summed E-state index contributed by atoms with van der Waals surface area (Å²) in [5.74, 6) is 1.36. The number of carbonyl (C=O) groups excluding carboxylic acids is 1. The maximum absolute atomic E-state index is 11.7. The van der Waals surface area contributed by atoms with Crippen LogP contribution in [0.5, 0.6) is 5.75 Å². The van der Waals surface area contributed by atoms with Crippen molar-refractivity contribution in [2.24, 2.45) is 7.05 Å². The molecule has 1 fully saturated rings. The van der Waals surface area contributed by atoms with E-state index in [1.807, 2.05) is 24.3 Å². The highest BCUT2D eigenvalue weighted by Crippen LogP contribution is 2.17. The number of nitrogens with one attached hydrogen (secondary N) is 2. The number of nitrogens with zero attached hydrogens (tertiary/aromatic N) is 2. The summed E-state index contributed by atoms with van der Waals surface area (Å²) in [6, 6.07) is 9.68. The van der Waals surface area contributed by atoms with Gasteiger partial charge in [-0.1, -0.05) is 12.1 Å². The Morgan fingerprint density at radius 1 is 1.40 bits per heavy atom. The quantitative estimate of drug-likeness (QED) is 0.803. The van der Waals surface area contributed by atoms with Gasteiger partial charge in [0.1, 0.15) is 23.9 Å². The molecular weight excluding hydrogens is 320 g/mol. The van der Waals surface area contributed by atoms with Crippen LogP contribution in [0.15, 0.2) is 30.3 Å². The molecule has 1 amide bonds. The van der Waals surface area contributed by atoms with E-state index in [1.165, 1.54) is 0 Å². The van der Waals surface area contributed by atoms with Gasteiger partial charge in [-0.15, -0.1) is 0 Å². The zero-order valence-corrected chi connectivity index (χ0v) is 14.6. The van der Waals surface area contributed by atoms with Gasteiger partial charge in [-0.25, -0.2) is 0 Å². The summed E-state index contributed by atoms with van der Waals surface area (Å²) in [6.07, 6.45) is 2.41. The van der Waals surface area contributed by atoms with Gasteiger partial charge >= 0.3 is 0 Å². The molecule has 1 aliphatic heterocycles. The highest BCUT2D eigenvalue weighted by Gasteiger charge is 2.16. The van der Waals surface area contributed by atoms with Gasteiger partial charge in [0.25, 0.3) is 5.91 Å².